The van der Waals surface area contributed by atoms with Crippen molar-refractivity contribution in [2.45, 2.75) is 25.4 Å². The zero-order valence-corrected chi connectivity index (χ0v) is 13.9. The Morgan fingerprint density at radius 1 is 1.38 bits per heavy atom. The van der Waals surface area contributed by atoms with Gasteiger partial charge in [0.1, 0.15) is 5.82 Å². The smallest absolute Gasteiger partial charge is 0.254 e. The molecule has 24 heavy (non-hydrogen) atoms. The molecule has 0 aliphatic carbocycles. The Morgan fingerprint density at radius 3 is 2.96 bits per heavy atom. The van der Waals surface area contributed by atoms with Gasteiger partial charge in [0.15, 0.2) is 5.82 Å². The van der Waals surface area contributed by atoms with E-state index in [0.29, 0.717) is 17.9 Å². The maximum atomic E-state index is 13.4. The van der Waals surface area contributed by atoms with Crippen LogP contribution in [0.5, 0.6) is 0 Å². The third kappa shape index (κ3) is 3.59. The van der Waals surface area contributed by atoms with Gasteiger partial charge in [-0.05, 0) is 51.2 Å². The highest BCUT2D eigenvalue weighted by atomic mass is 19.1. The average Bonchev–Trinajstić information content (AvgIpc) is 3.03. The number of halogens is 1. The van der Waals surface area contributed by atoms with Gasteiger partial charge in [-0.1, -0.05) is 6.07 Å². The summed E-state index contributed by atoms with van der Waals surface area (Å²) in [6, 6.07) is 7.55. The summed E-state index contributed by atoms with van der Waals surface area (Å²) < 4.78 is 13.4. The van der Waals surface area contributed by atoms with Crippen LogP contribution >= 0.6 is 0 Å². The van der Waals surface area contributed by atoms with E-state index in [0.717, 1.165) is 25.1 Å². The van der Waals surface area contributed by atoms with Crippen LogP contribution in [0.3, 0.4) is 0 Å². The van der Waals surface area contributed by atoms with Gasteiger partial charge in [-0.3, -0.25) is 4.79 Å². The van der Waals surface area contributed by atoms with E-state index in [1.165, 1.54) is 12.1 Å². The molecule has 1 aromatic heterocycles. The van der Waals surface area contributed by atoms with Crippen LogP contribution in [0.25, 0.3) is 0 Å². The summed E-state index contributed by atoms with van der Waals surface area (Å²) >= 11 is 0. The maximum absolute atomic E-state index is 13.4. The van der Waals surface area contributed by atoms with E-state index in [9.17, 15) is 9.18 Å². The molecule has 0 N–H and O–H groups in total. The molecule has 0 spiro atoms. The zero-order chi connectivity index (χ0) is 17.1. The molecular weight excluding hydrogens is 307 g/mol. The first-order chi connectivity index (χ1) is 11.5. The molecule has 0 bridgehead atoms. The predicted molar refractivity (Wildman–Crippen MR) is 88.8 cm³/mol. The third-order valence-corrected chi connectivity index (χ3v) is 4.09. The molecule has 3 rings (SSSR count). The molecule has 1 fully saturated rings. The van der Waals surface area contributed by atoms with E-state index in [2.05, 4.69) is 9.97 Å². The number of benzene rings is 1. The van der Waals surface area contributed by atoms with Crippen LogP contribution < -0.4 is 0 Å². The Bertz CT molecular complexity index is 734. The van der Waals surface area contributed by atoms with Crippen LogP contribution in [-0.4, -0.2) is 46.3 Å². The van der Waals surface area contributed by atoms with E-state index >= 15 is 0 Å². The first-order valence-electron chi connectivity index (χ1n) is 8.07. The van der Waals surface area contributed by atoms with Crippen molar-refractivity contribution in [3.05, 3.63) is 59.4 Å². The van der Waals surface area contributed by atoms with Crippen molar-refractivity contribution in [2.24, 2.45) is 0 Å². The number of hydrogen-bond acceptors (Lipinski definition) is 4. The second-order valence-electron chi connectivity index (χ2n) is 6.31. The highest BCUT2D eigenvalue weighted by Crippen LogP contribution is 2.31. The molecule has 2 aromatic rings. The van der Waals surface area contributed by atoms with Crippen LogP contribution in [0.4, 0.5) is 4.39 Å². The highest BCUT2D eigenvalue weighted by molar-refractivity contribution is 5.94. The van der Waals surface area contributed by atoms with Crippen molar-refractivity contribution in [3.8, 4) is 0 Å². The van der Waals surface area contributed by atoms with Crippen LogP contribution in [0, 0.1) is 5.82 Å². The Balaban J connectivity index is 1.84. The minimum absolute atomic E-state index is 0.150. The average molecular weight is 328 g/mol. The number of rotatable bonds is 4. The maximum Gasteiger partial charge on any atom is 0.254 e. The van der Waals surface area contributed by atoms with Gasteiger partial charge in [-0.2, -0.15) is 0 Å². The SMILES string of the molecule is CN(C)Cc1ccnc(C2CCCN2C(=O)c2cccc(F)c2)n1. The first kappa shape index (κ1) is 16.5. The predicted octanol–water partition coefficient (Wildman–Crippen LogP) is 2.65. The number of carbonyl (C=O) groups excluding carboxylic acids is 1. The van der Waals surface area contributed by atoms with Gasteiger partial charge in [0.2, 0.25) is 0 Å². The summed E-state index contributed by atoms with van der Waals surface area (Å²) in [4.78, 5) is 25.5. The first-order valence-corrected chi connectivity index (χ1v) is 8.07. The number of hydrogen-bond donors (Lipinski definition) is 0. The van der Waals surface area contributed by atoms with E-state index in [4.69, 9.17) is 0 Å². The fourth-order valence-corrected chi connectivity index (χ4v) is 3.05. The monoisotopic (exact) mass is 328 g/mol. The summed E-state index contributed by atoms with van der Waals surface area (Å²) in [6.45, 7) is 1.36. The largest absolute Gasteiger partial charge is 0.328 e. The van der Waals surface area contributed by atoms with Gasteiger partial charge in [0.25, 0.3) is 5.91 Å². The molecule has 2 heterocycles. The number of aromatic nitrogens is 2. The van der Waals surface area contributed by atoms with Crippen LogP contribution in [-0.2, 0) is 6.54 Å². The molecule has 6 heteroatoms. The lowest BCUT2D eigenvalue weighted by Crippen LogP contribution is -2.31. The second kappa shape index (κ2) is 7.05. The van der Waals surface area contributed by atoms with Crippen molar-refractivity contribution in [2.75, 3.05) is 20.6 Å². The van der Waals surface area contributed by atoms with Crippen molar-refractivity contribution < 1.29 is 9.18 Å². The van der Waals surface area contributed by atoms with Gasteiger partial charge in [-0.25, -0.2) is 14.4 Å². The molecule has 0 saturated carbocycles. The molecule has 1 amide bonds. The molecule has 1 unspecified atom stereocenters. The topological polar surface area (TPSA) is 49.3 Å². The molecule has 126 valence electrons. The van der Waals surface area contributed by atoms with Gasteiger partial charge in [0.05, 0.1) is 11.7 Å². The summed E-state index contributed by atoms with van der Waals surface area (Å²) in [6.07, 6.45) is 3.46. The van der Waals surface area contributed by atoms with Gasteiger partial charge in [-0.15, -0.1) is 0 Å². The number of amides is 1. The summed E-state index contributed by atoms with van der Waals surface area (Å²) in [5.74, 6) is 0.0936. The van der Waals surface area contributed by atoms with Crippen LogP contribution in [0.1, 0.15) is 40.8 Å². The molecular formula is C18H21FN4O. The Labute approximate surface area is 141 Å². The lowest BCUT2D eigenvalue weighted by molar-refractivity contribution is 0.0729. The quantitative estimate of drug-likeness (QED) is 0.866. The second-order valence-corrected chi connectivity index (χ2v) is 6.31. The minimum Gasteiger partial charge on any atom is -0.328 e. The molecule has 1 atom stereocenters. The number of nitrogens with zero attached hydrogens (tertiary/aromatic N) is 4. The molecule has 0 radical (unpaired) electrons. The normalized spacial score (nSPS) is 17.5. The van der Waals surface area contributed by atoms with Gasteiger partial charge in [0, 0.05) is 24.8 Å². The fourth-order valence-electron chi connectivity index (χ4n) is 3.05. The van der Waals surface area contributed by atoms with Crippen LogP contribution in [0.2, 0.25) is 0 Å². The number of likely N-dealkylation sites (tertiary alicyclic amines) is 1. The van der Waals surface area contributed by atoms with Gasteiger partial charge >= 0.3 is 0 Å². The number of carbonyl (C=O) groups is 1. The van der Waals surface area contributed by atoms with E-state index in [-0.39, 0.29) is 11.9 Å². The summed E-state index contributed by atoms with van der Waals surface area (Å²) in [5, 5.41) is 0. The molecule has 1 aromatic carbocycles. The van der Waals surface area contributed by atoms with Crippen molar-refractivity contribution in [1.82, 2.24) is 19.8 Å². The van der Waals surface area contributed by atoms with E-state index in [1.54, 1.807) is 23.2 Å². The Kier molecular flexibility index (Phi) is 4.85. The molecule has 1 aliphatic heterocycles. The van der Waals surface area contributed by atoms with Crippen molar-refractivity contribution in [1.29, 1.82) is 0 Å². The minimum atomic E-state index is -0.402. The molecule has 5 nitrogen and oxygen atoms in total. The Morgan fingerprint density at radius 2 is 2.21 bits per heavy atom. The standard InChI is InChI=1S/C18H21FN4O/c1-22(2)12-15-8-9-20-17(21-15)16-7-4-10-23(16)18(24)13-5-3-6-14(19)11-13/h3,5-6,8-9,11,16H,4,7,10,12H2,1-2H3. The summed E-state index contributed by atoms with van der Waals surface area (Å²) in [5.41, 5.74) is 1.29. The van der Waals surface area contributed by atoms with E-state index < -0.39 is 5.82 Å². The van der Waals surface area contributed by atoms with Crippen LogP contribution in [0.15, 0.2) is 36.5 Å². The molecule has 1 aliphatic rings. The summed E-state index contributed by atoms with van der Waals surface area (Å²) in [7, 11) is 3.97. The van der Waals surface area contributed by atoms with Crippen molar-refractivity contribution in [3.63, 3.8) is 0 Å². The Hall–Kier alpha value is -2.34. The fraction of sp³-hybridized carbons (Fsp3) is 0.389. The van der Waals surface area contributed by atoms with Gasteiger partial charge < -0.3 is 9.80 Å². The lowest BCUT2D eigenvalue weighted by Gasteiger charge is -2.24. The molecule has 1 saturated heterocycles. The van der Waals surface area contributed by atoms with E-state index in [1.807, 2.05) is 25.1 Å². The third-order valence-electron chi connectivity index (χ3n) is 4.09. The lowest BCUT2D eigenvalue weighted by atomic mass is 10.1. The zero-order valence-electron chi connectivity index (χ0n) is 13.9. The van der Waals surface area contributed by atoms with Crippen molar-refractivity contribution >= 4 is 5.91 Å². The highest BCUT2D eigenvalue weighted by Gasteiger charge is 2.32.